The van der Waals surface area contributed by atoms with Crippen LogP contribution in [0.5, 0.6) is 5.75 Å². The number of nitrogens with one attached hydrogen (secondary N) is 1. The van der Waals surface area contributed by atoms with Crippen molar-refractivity contribution in [2.45, 2.75) is 6.92 Å². The number of carbonyl (C=O) groups excluding carboxylic acids is 2. The fourth-order valence-electron chi connectivity index (χ4n) is 2.01. The molecule has 23 heavy (non-hydrogen) atoms. The average molecular weight is 347 g/mol. The molecule has 1 amide bonds. The minimum atomic E-state index is -0.486. The Labute approximate surface area is 140 Å². The summed E-state index contributed by atoms with van der Waals surface area (Å²) in [5.41, 5.74) is 1.02. The van der Waals surface area contributed by atoms with E-state index in [1.807, 2.05) is 0 Å². The van der Waals surface area contributed by atoms with Crippen LogP contribution >= 0.6 is 22.9 Å². The largest absolute Gasteiger partial charge is 0.426 e. The third kappa shape index (κ3) is 3.49. The van der Waals surface area contributed by atoms with Gasteiger partial charge in [0.05, 0.1) is 15.8 Å². The molecule has 1 N–H and O–H groups in total. The molecule has 0 aliphatic carbocycles. The molecule has 3 rings (SSSR count). The smallest absolute Gasteiger partial charge is 0.308 e. The van der Waals surface area contributed by atoms with Crippen molar-refractivity contribution in [2.75, 3.05) is 5.32 Å². The van der Waals surface area contributed by atoms with Gasteiger partial charge in [0.2, 0.25) is 0 Å². The summed E-state index contributed by atoms with van der Waals surface area (Å²) in [6, 6.07) is 11.8. The lowest BCUT2D eigenvalue weighted by Crippen LogP contribution is -2.14. The normalized spacial score (nSPS) is 10.5. The third-order valence-electron chi connectivity index (χ3n) is 2.96. The van der Waals surface area contributed by atoms with Gasteiger partial charge >= 0.3 is 5.97 Å². The number of ether oxygens (including phenoxy) is 1. The van der Waals surface area contributed by atoms with E-state index in [0.717, 1.165) is 10.2 Å². The lowest BCUT2D eigenvalue weighted by atomic mass is 10.2. The Morgan fingerprint density at radius 1 is 1.22 bits per heavy atom. The maximum absolute atomic E-state index is 12.4. The number of aromatic nitrogens is 1. The first-order valence-corrected chi connectivity index (χ1v) is 7.87. The van der Waals surface area contributed by atoms with E-state index in [2.05, 4.69) is 10.3 Å². The van der Waals surface area contributed by atoms with Crippen LogP contribution in [0.4, 0.5) is 5.13 Å². The predicted octanol–water partition coefficient (Wildman–Crippen LogP) is 4.13. The van der Waals surface area contributed by atoms with E-state index in [4.69, 9.17) is 16.3 Å². The number of esters is 1. The molecule has 0 fully saturated rings. The first-order valence-electron chi connectivity index (χ1n) is 6.68. The van der Waals surface area contributed by atoms with Gasteiger partial charge in [-0.3, -0.25) is 14.9 Å². The van der Waals surface area contributed by atoms with Gasteiger partial charge in [-0.15, -0.1) is 0 Å². The molecule has 7 heteroatoms. The molecule has 5 nitrogen and oxygen atoms in total. The van der Waals surface area contributed by atoms with Crippen molar-refractivity contribution in [2.24, 2.45) is 0 Å². The molecule has 1 heterocycles. The maximum atomic E-state index is 12.4. The van der Waals surface area contributed by atoms with E-state index < -0.39 is 11.9 Å². The molecular weight excluding hydrogens is 336 g/mol. The van der Waals surface area contributed by atoms with Gasteiger partial charge < -0.3 is 4.74 Å². The van der Waals surface area contributed by atoms with Crippen molar-refractivity contribution in [3.05, 3.63) is 53.1 Å². The van der Waals surface area contributed by atoms with Gasteiger partial charge in [0, 0.05) is 11.9 Å². The number of benzene rings is 2. The minimum Gasteiger partial charge on any atom is -0.426 e. The number of rotatable bonds is 3. The number of nitrogens with zero attached hydrogens (tertiary/aromatic N) is 1. The van der Waals surface area contributed by atoms with Crippen LogP contribution in [-0.2, 0) is 4.79 Å². The summed E-state index contributed by atoms with van der Waals surface area (Å²) >= 11 is 7.26. The first kappa shape index (κ1) is 15.5. The van der Waals surface area contributed by atoms with Crippen molar-refractivity contribution in [1.29, 1.82) is 0 Å². The van der Waals surface area contributed by atoms with Crippen LogP contribution in [0.2, 0.25) is 5.02 Å². The zero-order valence-electron chi connectivity index (χ0n) is 12.0. The highest BCUT2D eigenvalue weighted by atomic mass is 35.5. The lowest BCUT2D eigenvalue weighted by molar-refractivity contribution is -0.131. The van der Waals surface area contributed by atoms with E-state index in [9.17, 15) is 9.59 Å². The van der Waals surface area contributed by atoms with E-state index in [-0.39, 0.29) is 11.3 Å². The van der Waals surface area contributed by atoms with Crippen molar-refractivity contribution < 1.29 is 14.3 Å². The highest BCUT2D eigenvalue weighted by Crippen LogP contribution is 2.29. The van der Waals surface area contributed by atoms with E-state index >= 15 is 0 Å². The molecule has 0 aliphatic rings. The van der Waals surface area contributed by atoms with Crippen LogP contribution in [-0.4, -0.2) is 16.9 Å². The van der Waals surface area contributed by atoms with Crippen LogP contribution < -0.4 is 10.1 Å². The summed E-state index contributed by atoms with van der Waals surface area (Å²) in [6.45, 7) is 1.28. The third-order valence-corrected chi connectivity index (χ3v) is 4.13. The number of halogens is 1. The Bertz CT molecular complexity index is 907. The predicted molar refractivity (Wildman–Crippen MR) is 90.3 cm³/mol. The number of thiazole rings is 1. The number of fused-ring (bicyclic) bond motifs is 1. The van der Waals surface area contributed by atoms with Crippen molar-refractivity contribution in [3.8, 4) is 5.75 Å². The van der Waals surface area contributed by atoms with Gasteiger partial charge in [-0.1, -0.05) is 35.1 Å². The van der Waals surface area contributed by atoms with Crippen LogP contribution in [0, 0.1) is 0 Å². The van der Waals surface area contributed by atoms with Crippen molar-refractivity contribution in [3.63, 3.8) is 0 Å². The average Bonchev–Trinajstić information content (AvgIpc) is 2.88. The fraction of sp³-hybridized carbons (Fsp3) is 0.0625. The zero-order valence-corrected chi connectivity index (χ0v) is 13.6. The Morgan fingerprint density at radius 3 is 2.78 bits per heavy atom. The summed E-state index contributed by atoms with van der Waals surface area (Å²) in [5.74, 6) is -0.673. The van der Waals surface area contributed by atoms with Crippen molar-refractivity contribution >= 4 is 50.2 Å². The molecule has 0 aliphatic heterocycles. The van der Waals surface area contributed by atoms with E-state index in [1.165, 1.54) is 18.3 Å². The molecule has 0 spiro atoms. The molecule has 1 aromatic heterocycles. The summed E-state index contributed by atoms with van der Waals surface area (Å²) in [7, 11) is 0. The topological polar surface area (TPSA) is 68.3 Å². The highest BCUT2D eigenvalue weighted by molar-refractivity contribution is 7.22. The van der Waals surface area contributed by atoms with Crippen LogP contribution in [0.15, 0.2) is 42.5 Å². The molecule has 0 radical (unpaired) electrons. The molecule has 0 saturated carbocycles. The number of carbonyl (C=O) groups is 2. The van der Waals surface area contributed by atoms with Gasteiger partial charge in [0.15, 0.2) is 5.13 Å². The van der Waals surface area contributed by atoms with Gasteiger partial charge in [-0.05, 0) is 30.3 Å². The summed E-state index contributed by atoms with van der Waals surface area (Å²) < 4.78 is 5.92. The lowest BCUT2D eigenvalue weighted by Gasteiger charge is -2.07. The monoisotopic (exact) mass is 346 g/mol. The summed E-state index contributed by atoms with van der Waals surface area (Å²) in [5, 5.41) is 3.77. The number of para-hydroxylation sites is 1. The molecule has 2 aromatic carbocycles. The fourth-order valence-corrected chi connectivity index (χ4v) is 3.15. The Morgan fingerprint density at radius 2 is 2.00 bits per heavy atom. The summed E-state index contributed by atoms with van der Waals surface area (Å²) in [6.07, 6.45) is 0. The first-order chi connectivity index (χ1) is 11.0. The number of amides is 1. The molecular formula is C16H11ClN2O3S. The SMILES string of the molecule is CC(=O)Oc1ccccc1C(=O)Nc1nc2ccc(Cl)cc2s1. The second-order valence-electron chi connectivity index (χ2n) is 4.67. The van der Waals surface area contributed by atoms with E-state index in [1.54, 1.807) is 42.5 Å². The van der Waals surface area contributed by atoms with Crippen LogP contribution in [0.1, 0.15) is 17.3 Å². The zero-order chi connectivity index (χ0) is 16.4. The number of anilines is 1. The molecule has 3 aromatic rings. The molecule has 116 valence electrons. The highest BCUT2D eigenvalue weighted by Gasteiger charge is 2.15. The molecule has 0 saturated heterocycles. The van der Waals surface area contributed by atoms with Crippen molar-refractivity contribution in [1.82, 2.24) is 4.98 Å². The van der Waals surface area contributed by atoms with Gasteiger partial charge in [-0.2, -0.15) is 0 Å². The van der Waals surface area contributed by atoms with Crippen LogP contribution in [0.3, 0.4) is 0 Å². The molecule has 0 atom stereocenters. The van der Waals surface area contributed by atoms with Gasteiger partial charge in [-0.25, -0.2) is 4.98 Å². The molecule has 0 bridgehead atoms. The quantitative estimate of drug-likeness (QED) is 0.572. The minimum absolute atomic E-state index is 0.210. The molecule has 0 unspecified atom stereocenters. The second-order valence-corrected chi connectivity index (χ2v) is 6.14. The van der Waals surface area contributed by atoms with Gasteiger partial charge in [0.1, 0.15) is 5.75 Å². The number of hydrogen-bond acceptors (Lipinski definition) is 5. The number of hydrogen-bond donors (Lipinski definition) is 1. The van der Waals surface area contributed by atoms with Gasteiger partial charge in [0.25, 0.3) is 5.91 Å². The Balaban J connectivity index is 1.87. The standard InChI is InChI=1S/C16H11ClN2O3S/c1-9(20)22-13-5-3-2-4-11(13)15(21)19-16-18-12-7-6-10(17)8-14(12)23-16/h2-8H,1H3,(H,18,19,21). The Hall–Kier alpha value is -2.44. The van der Waals surface area contributed by atoms with E-state index in [0.29, 0.717) is 10.2 Å². The maximum Gasteiger partial charge on any atom is 0.308 e. The summed E-state index contributed by atoms with van der Waals surface area (Å²) in [4.78, 5) is 27.8. The second kappa shape index (κ2) is 6.36. The Kier molecular flexibility index (Phi) is 4.27. The van der Waals surface area contributed by atoms with Crippen LogP contribution in [0.25, 0.3) is 10.2 Å².